The molecule has 0 fully saturated rings. The second kappa shape index (κ2) is 9.17. The van der Waals surface area contributed by atoms with Gasteiger partial charge in [-0.2, -0.15) is 0 Å². The smallest absolute Gasteiger partial charge is 0.333 e. The van der Waals surface area contributed by atoms with Gasteiger partial charge in [-0.05, 0) is 86.3 Å². The van der Waals surface area contributed by atoms with Gasteiger partial charge in [-0.15, -0.1) is 0 Å². The molecule has 3 aliphatic rings. The van der Waals surface area contributed by atoms with Crippen LogP contribution in [0.3, 0.4) is 0 Å². The molecule has 8 aromatic rings. The van der Waals surface area contributed by atoms with Gasteiger partial charge in [-0.25, -0.2) is 0 Å². The third kappa shape index (κ3) is 3.14. The van der Waals surface area contributed by atoms with Crippen molar-refractivity contribution in [1.82, 2.24) is 4.57 Å². The highest BCUT2D eigenvalue weighted by Gasteiger charge is 2.47. The van der Waals surface area contributed by atoms with Gasteiger partial charge in [0.15, 0.2) is 0 Å². The number of nitrogens with zero attached hydrogens (tertiary/aromatic N) is 2. The maximum Gasteiger partial charge on any atom is 0.333 e. The molecule has 3 heteroatoms. The Labute approximate surface area is 280 Å². The van der Waals surface area contributed by atoms with Gasteiger partial charge in [0.05, 0.1) is 11.0 Å². The fourth-order valence-corrected chi connectivity index (χ4v) is 9.39. The Balaban J connectivity index is 1.41. The lowest BCUT2D eigenvalue weighted by molar-refractivity contribution is 0.660. The summed E-state index contributed by atoms with van der Waals surface area (Å²) in [5.41, 5.74) is 19.7. The van der Waals surface area contributed by atoms with Crippen molar-refractivity contribution in [1.29, 1.82) is 0 Å². The second-order valence-electron chi connectivity index (χ2n) is 14.0. The van der Waals surface area contributed by atoms with Gasteiger partial charge in [0.25, 0.3) is 0 Å². The molecule has 0 unspecified atom stereocenters. The zero-order chi connectivity index (χ0) is 31.7. The van der Waals surface area contributed by atoms with Crippen molar-refractivity contribution in [2.75, 3.05) is 4.81 Å². The third-order valence-corrected chi connectivity index (χ3v) is 11.4. The average molecular weight is 611 g/mol. The largest absolute Gasteiger partial charge is 0.376 e. The van der Waals surface area contributed by atoms with Crippen molar-refractivity contribution < 1.29 is 0 Å². The molecule has 0 bridgehead atoms. The highest BCUT2D eigenvalue weighted by molar-refractivity contribution is 6.93. The van der Waals surface area contributed by atoms with E-state index in [1.54, 1.807) is 0 Å². The first-order chi connectivity index (χ1) is 23.6. The van der Waals surface area contributed by atoms with E-state index >= 15 is 0 Å². The summed E-state index contributed by atoms with van der Waals surface area (Å²) in [4.78, 5) is 2.63. The van der Waals surface area contributed by atoms with Crippen LogP contribution in [-0.4, -0.2) is 11.4 Å². The fourth-order valence-electron chi connectivity index (χ4n) is 9.39. The van der Waals surface area contributed by atoms with Crippen molar-refractivity contribution >= 4 is 51.0 Å². The van der Waals surface area contributed by atoms with Gasteiger partial charge in [-0.3, -0.25) is 0 Å². The topological polar surface area (TPSA) is 8.17 Å². The van der Waals surface area contributed by atoms with Gasteiger partial charge in [-0.1, -0.05) is 129 Å². The fraction of sp³-hybridized carbons (Fsp3) is 0.0667. The van der Waals surface area contributed by atoms with E-state index in [4.69, 9.17) is 0 Å². The zero-order valence-electron chi connectivity index (χ0n) is 26.9. The van der Waals surface area contributed by atoms with Crippen molar-refractivity contribution in [3.63, 3.8) is 0 Å². The Morgan fingerprint density at radius 2 is 1.25 bits per heavy atom. The lowest BCUT2D eigenvalue weighted by Gasteiger charge is -2.43. The zero-order valence-corrected chi connectivity index (χ0v) is 26.9. The van der Waals surface area contributed by atoms with Crippen LogP contribution in [0.25, 0.3) is 60.9 Å². The highest BCUT2D eigenvalue weighted by Crippen LogP contribution is 2.57. The molecule has 1 aromatic heterocycles. The molecule has 0 saturated heterocycles. The summed E-state index contributed by atoms with van der Waals surface area (Å²) in [6.45, 7) is 4.79. The highest BCUT2D eigenvalue weighted by atomic mass is 15.1. The van der Waals surface area contributed by atoms with Crippen LogP contribution in [0.5, 0.6) is 0 Å². The molecule has 11 rings (SSSR count). The number of aromatic nitrogens is 1. The van der Waals surface area contributed by atoms with E-state index in [0.717, 1.165) is 0 Å². The molecular weight excluding hydrogens is 579 g/mol. The summed E-state index contributed by atoms with van der Waals surface area (Å²) in [5.74, 6) is 0. The molecule has 0 N–H and O–H groups in total. The molecule has 2 aliphatic heterocycles. The summed E-state index contributed by atoms with van der Waals surface area (Å²) < 4.78 is 2.57. The van der Waals surface area contributed by atoms with Crippen LogP contribution in [0, 0.1) is 0 Å². The van der Waals surface area contributed by atoms with Gasteiger partial charge >= 0.3 is 6.85 Å². The lowest BCUT2D eigenvalue weighted by Crippen LogP contribution is -2.60. The number of hydrogen-bond donors (Lipinski definition) is 0. The predicted octanol–water partition coefficient (Wildman–Crippen LogP) is 9.99. The van der Waals surface area contributed by atoms with Crippen LogP contribution >= 0.6 is 0 Å². The van der Waals surface area contributed by atoms with E-state index in [-0.39, 0.29) is 12.3 Å². The maximum atomic E-state index is 2.63. The SMILES string of the molecule is CC1(C)c2ccccc2-c2c1ccc1c2-c2cc(-c3ccccc3)c3c4ccccc4n4c3c2B(c2ccccc2-4)N1c1ccccc1. The molecule has 48 heavy (non-hydrogen) atoms. The standard InChI is InChI=1S/C45H31BN2/c1-45(2)34-21-11-9-19-30(34)41-35(45)25-26-39-42(41)33-27-32(28-15-5-3-6-16-28)40-31-20-10-13-23-37(31)47-38-24-14-12-22-36(38)46(43(33)44(40)47)48(39)29-17-7-4-8-18-29/h3-27H,1-2H3. The minimum absolute atomic E-state index is 0.0120. The quantitative estimate of drug-likeness (QED) is 0.177. The molecule has 0 spiro atoms. The van der Waals surface area contributed by atoms with Crippen molar-refractivity contribution in [3.05, 3.63) is 163 Å². The normalized spacial score (nSPS) is 14.5. The molecule has 0 atom stereocenters. The molecule has 1 aliphatic carbocycles. The van der Waals surface area contributed by atoms with E-state index in [1.165, 1.54) is 94.3 Å². The van der Waals surface area contributed by atoms with Gasteiger partial charge < -0.3 is 9.38 Å². The molecule has 224 valence electrons. The summed E-state index contributed by atoms with van der Waals surface area (Å²) in [5, 5.41) is 2.63. The Bertz CT molecular complexity index is 2650. The van der Waals surface area contributed by atoms with E-state index in [9.17, 15) is 0 Å². The number of benzene rings is 7. The Morgan fingerprint density at radius 1 is 0.542 bits per heavy atom. The van der Waals surface area contributed by atoms with Crippen LogP contribution < -0.4 is 15.7 Å². The summed E-state index contributed by atoms with van der Waals surface area (Å²) >= 11 is 0. The lowest BCUT2D eigenvalue weighted by atomic mass is 9.43. The maximum absolute atomic E-state index is 2.63. The molecule has 0 radical (unpaired) electrons. The number of fused-ring (bicyclic) bond motifs is 12. The number of hydrogen-bond acceptors (Lipinski definition) is 1. The molecular formula is C45H31BN2. The van der Waals surface area contributed by atoms with Gasteiger partial charge in [0.2, 0.25) is 0 Å². The monoisotopic (exact) mass is 610 g/mol. The van der Waals surface area contributed by atoms with E-state index < -0.39 is 0 Å². The molecule has 3 heterocycles. The van der Waals surface area contributed by atoms with Crippen LogP contribution in [0.2, 0.25) is 0 Å². The van der Waals surface area contributed by atoms with Crippen LogP contribution in [0.15, 0.2) is 152 Å². The number of para-hydroxylation sites is 3. The first-order valence-electron chi connectivity index (χ1n) is 17.0. The molecule has 2 nitrogen and oxygen atoms in total. The number of rotatable bonds is 2. The Morgan fingerprint density at radius 3 is 2.10 bits per heavy atom. The first kappa shape index (κ1) is 26.3. The average Bonchev–Trinajstić information content (AvgIpc) is 3.61. The van der Waals surface area contributed by atoms with Crippen molar-refractivity contribution in [3.8, 4) is 39.1 Å². The van der Waals surface area contributed by atoms with Crippen molar-refractivity contribution in [2.24, 2.45) is 0 Å². The summed E-state index contributed by atoms with van der Waals surface area (Å²) in [6.07, 6.45) is 0. The van der Waals surface area contributed by atoms with E-state index in [0.29, 0.717) is 0 Å². The number of anilines is 2. The minimum Gasteiger partial charge on any atom is -0.376 e. The summed E-state index contributed by atoms with van der Waals surface area (Å²) in [6, 6.07) is 56.6. The van der Waals surface area contributed by atoms with Crippen LogP contribution in [0.1, 0.15) is 25.0 Å². The van der Waals surface area contributed by atoms with E-state index in [1.807, 2.05) is 0 Å². The predicted molar refractivity (Wildman–Crippen MR) is 203 cm³/mol. The summed E-state index contributed by atoms with van der Waals surface area (Å²) in [7, 11) is 0. The molecule has 0 amide bonds. The van der Waals surface area contributed by atoms with Gasteiger partial charge in [0, 0.05) is 38.8 Å². The van der Waals surface area contributed by atoms with Crippen molar-refractivity contribution in [2.45, 2.75) is 19.3 Å². The third-order valence-electron chi connectivity index (χ3n) is 11.4. The van der Waals surface area contributed by atoms with Crippen LogP contribution in [0.4, 0.5) is 11.4 Å². The van der Waals surface area contributed by atoms with Gasteiger partial charge in [0.1, 0.15) is 0 Å². The molecule has 7 aromatic carbocycles. The second-order valence-corrected chi connectivity index (χ2v) is 14.0. The minimum atomic E-state index is -0.0968. The molecule has 0 saturated carbocycles. The Hall–Kier alpha value is -5.80. The van der Waals surface area contributed by atoms with Crippen LogP contribution in [-0.2, 0) is 5.41 Å². The Kier molecular flexibility index (Phi) is 5.03. The van der Waals surface area contributed by atoms with E-state index in [2.05, 4.69) is 175 Å². The first-order valence-corrected chi connectivity index (χ1v) is 17.0.